The van der Waals surface area contributed by atoms with E-state index in [1.165, 1.54) is 25.7 Å². The molecule has 1 heterocycles. The van der Waals surface area contributed by atoms with Crippen LogP contribution >= 0.6 is 15.9 Å². The number of halogens is 1. The highest BCUT2D eigenvalue weighted by atomic mass is 79.9. The zero-order valence-corrected chi connectivity index (χ0v) is 9.79. The minimum Gasteiger partial charge on any atom is -0.468 e. The lowest BCUT2D eigenvalue weighted by Gasteiger charge is -2.29. The van der Waals surface area contributed by atoms with Gasteiger partial charge >= 0.3 is 0 Å². The molecule has 0 radical (unpaired) electrons. The van der Waals surface area contributed by atoms with Crippen LogP contribution in [0.5, 0.6) is 0 Å². The lowest BCUT2D eigenvalue weighted by Crippen LogP contribution is -2.25. The van der Waals surface area contributed by atoms with Gasteiger partial charge in [-0.15, -0.1) is 0 Å². The molecule has 2 nitrogen and oxygen atoms in total. The third kappa shape index (κ3) is 1.89. The summed E-state index contributed by atoms with van der Waals surface area (Å²) in [7, 11) is 0. The van der Waals surface area contributed by atoms with Crippen molar-refractivity contribution in [1.29, 1.82) is 0 Å². The Morgan fingerprint density at radius 3 is 2.86 bits per heavy atom. The molecule has 1 aliphatic rings. The smallest absolute Gasteiger partial charge is 0.121 e. The summed E-state index contributed by atoms with van der Waals surface area (Å²) in [5.74, 6) is 2.23. The summed E-state index contributed by atoms with van der Waals surface area (Å²) in [5, 5.41) is 0. The lowest BCUT2D eigenvalue weighted by atomic mass is 9.78. The molecule has 0 saturated heterocycles. The molecule has 1 aromatic rings. The summed E-state index contributed by atoms with van der Waals surface area (Å²) in [6.45, 7) is 0.776. The first-order valence-corrected chi connectivity index (χ1v) is 6.05. The number of hydrogen-bond acceptors (Lipinski definition) is 2. The van der Waals surface area contributed by atoms with Crippen LogP contribution in [0.3, 0.4) is 0 Å². The molecule has 1 aliphatic carbocycles. The van der Waals surface area contributed by atoms with Crippen molar-refractivity contribution in [3.63, 3.8) is 0 Å². The van der Waals surface area contributed by atoms with Gasteiger partial charge in [-0.25, -0.2) is 0 Å². The van der Waals surface area contributed by atoms with Gasteiger partial charge in [-0.2, -0.15) is 0 Å². The van der Waals surface area contributed by atoms with Gasteiger partial charge < -0.3 is 10.2 Å². The normalized spacial score (nSPS) is 27.9. The zero-order chi connectivity index (χ0) is 9.97. The predicted octanol–water partition coefficient (Wildman–Crippen LogP) is 3.27. The summed E-state index contributed by atoms with van der Waals surface area (Å²) < 4.78 is 6.63. The maximum Gasteiger partial charge on any atom is 0.121 e. The van der Waals surface area contributed by atoms with Crippen LogP contribution < -0.4 is 5.73 Å². The molecule has 1 saturated carbocycles. The quantitative estimate of drug-likeness (QED) is 0.884. The van der Waals surface area contributed by atoms with Gasteiger partial charge in [-0.3, -0.25) is 0 Å². The fraction of sp³-hybridized carbons (Fsp3) is 0.636. The average molecular weight is 258 g/mol. The number of rotatable bonds is 2. The van der Waals surface area contributed by atoms with E-state index in [4.69, 9.17) is 10.2 Å². The molecular formula is C11H16BrNO. The first-order valence-electron chi connectivity index (χ1n) is 5.26. The van der Waals surface area contributed by atoms with E-state index in [0.717, 1.165) is 16.8 Å². The van der Waals surface area contributed by atoms with Gasteiger partial charge in [0.25, 0.3) is 0 Å². The monoisotopic (exact) mass is 257 g/mol. The van der Waals surface area contributed by atoms with Gasteiger partial charge in [-0.05, 0) is 47.3 Å². The van der Waals surface area contributed by atoms with Gasteiger partial charge in [0, 0.05) is 5.92 Å². The fourth-order valence-corrected chi connectivity index (χ4v) is 2.90. The second-order valence-corrected chi connectivity index (χ2v) is 4.87. The standard InChI is InChI=1S/C11H16BrNO/c12-10-5-6-14-11(10)9-4-2-1-3-8(9)7-13/h5-6,8-9H,1-4,7,13H2. The predicted molar refractivity (Wildman–Crippen MR) is 60.2 cm³/mol. The number of hydrogen-bond donors (Lipinski definition) is 1. The van der Waals surface area contributed by atoms with Crippen LogP contribution in [0.25, 0.3) is 0 Å². The molecule has 0 aromatic carbocycles. The Bertz CT molecular complexity index is 297. The highest BCUT2D eigenvalue weighted by Gasteiger charge is 2.28. The Kier molecular flexibility index (Phi) is 3.29. The van der Waals surface area contributed by atoms with Gasteiger partial charge in [0.05, 0.1) is 10.7 Å². The van der Waals surface area contributed by atoms with Crippen LogP contribution in [0.1, 0.15) is 37.4 Å². The summed E-state index contributed by atoms with van der Waals surface area (Å²) in [4.78, 5) is 0. The summed E-state index contributed by atoms with van der Waals surface area (Å²) in [5.41, 5.74) is 5.79. The van der Waals surface area contributed by atoms with Gasteiger partial charge in [-0.1, -0.05) is 12.8 Å². The van der Waals surface area contributed by atoms with Crippen LogP contribution in [0.2, 0.25) is 0 Å². The Morgan fingerprint density at radius 1 is 1.43 bits per heavy atom. The van der Waals surface area contributed by atoms with E-state index in [9.17, 15) is 0 Å². The van der Waals surface area contributed by atoms with Gasteiger partial charge in [0.2, 0.25) is 0 Å². The van der Waals surface area contributed by atoms with E-state index in [1.54, 1.807) is 6.26 Å². The van der Waals surface area contributed by atoms with Crippen LogP contribution in [-0.4, -0.2) is 6.54 Å². The first-order chi connectivity index (χ1) is 6.83. The maximum absolute atomic E-state index is 5.79. The van der Waals surface area contributed by atoms with Crippen molar-refractivity contribution in [3.05, 3.63) is 22.6 Å². The largest absolute Gasteiger partial charge is 0.468 e. The van der Waals surface area contributed by atoms with Crippen LogP contribution in [-0.2, 0) is 0 Å². The van der Waals surface area contributed by atoms with Crippen molar-refractivity contribution in [2.75, 3.05) is 6.54 Å². The summed E-state index contributed by atoms with van der Waals surface area (Å²) in [6, 6.07) is 1.97. The minimum atomic E-state index is 0.526. The fourth-order valence-electron chi connectivity index (χ4n) is 2.40. The molecule has 3 heteroatoms. The molecule has 14 heavy (non-hydrogen) atoms. The molecule has 2 unspecified atom stereocenters. The number of nitrogens with two attached hydrogens (primary N) is 1. The molecule has 2 rings (SSSR count). The Morgan fingerprint density at radius 2 is 2.21 bits per heavy atom. The van der Waals surface area contributed by atoms with E-state index < -0.39 is 0 Å². The molecule has 0 spiro atoms. The highest BCUT2D eigenvalue weighted by molar-refractivity contribution is 9.10. The molecule has 0 amide bonds. The van der Waals surface area contributed by atoms with Crippen LogP contribution in [0.4, 0.5) is 0 Å². The second kappa shape index (κ2) is 4.49. The SMILES string of the molecule is NCC1CCCCC1c1occc1Br. The lowest BCUT2D eigenvalue weighted by molar-refractivity contribution is 0.277. The van der Waals surface area contributed by atoms with Crippen LogP contribution in [0.15, 0.2) is 21.2 Å². The Labute approximate surface area is 93.0 Å². The van der Waals surface area contributed by atoms with Crippen molar-refractivity contribution < 1.29 is 4.42 Å². The van der Waals surface area contributed by atoms with Gasteiger partial charge in [0.15, 0.2) is 0 Å². The van der Waals surface area contributed by atoms with Crippen molar-refractivity contribution in [2.24, 2.45) is 11.7 Å². The minimum absolute atomic E-state index is 0.526. The van der Waals surface area contributed by atoms with E-state index >= 15 is 0 Å². The molecule has 2 atom stereocenters. The molecule has 1 fully saturated rings. The molecule has 78 valence electrons. The highest BCUT2D eigenvalue weighted by Crippen LogP contribution is 2.40. The molecular weight excluding hydrogens is 242 g/mol. The molecule has 2 N–H and O–H groups in total. The second-order valence-electron chi connectivity index (χ2n) is 4.02. The molecule has 0 aliphatic heterocycles. The van der Waals surface area contributed by atoms with Crippen molar-refractivity contribution in [2.45, 2.75) is 31.6 Å². The molecule has 0 bridgehead atoms. The van der Waals surface area contributed by atoms with Crippen molar-refractivity contribution in [1.82, 2.24) is 0 Å². The zero-order valence-electron chi connectivity index (χ0n) is 8.21. The third-order valence-electron chi connectivity index (χ3n) is 3.19. The van der Waals surface area contributed by atoms with E-state index in [-0.39, 0.29) is 0 Å². The van der Waals surface area contributed by atoms with E-state index in [0.29, 0.717) is 11.8 Å². The van der Waals surface area contributed by atoms with Crippen molar-refractivity contribution >= 4 is 15.9 Å². The Hall–Kier alpha value is -0.280. The summed E-state index contributed by atoms with van der Waals surface area (Å²) >= 11 is 3.52. The van der Waals surface area contributed by atoms with E-state index in [1.807, 2.05) is 6.07 Å². The average Bonchev–Trinajstić information content (AvgIpc) is 2.64. The third-order valence-corrected chi connectivity index (χ3v) is 3.85. The first kappa shape index (κ1) is 10.2. The van der Waals surface area contributed by atoms with Crippen LogP contribution in [0, 0.1) is 5.92 Å². The van der Waals surface area contributed by atoms with Gasteiger partial charge in [0.1, 0.15) is 5.76 Å². The topological polar surface area (TPSA) is 39.2 Å². The Balaban J connectivity index is 2.19. The summed E-state index contributed by atoms with van der Waals surface area (Å²) in [6.07, 6.45) is 6.83. The van der Waals surface area contributed by atoms with Crippen molar-refractivity contribution in [3.8, 4) is 0 Å². The number of furan rings is 1. The maximum atomic E-state index is 5.79. The van der Waals surface area contributed by atoms with E-state index in [2.05, 4.69) is 15.9 Å². The molecule has 1 aromatic heterocycles.